The van der Waals surface area contributed by atoms with Crippen LogP contribution in [0.1, 0.15) is 44.6 Å². The third kappa shape index (κ3) is 4.16. The molecule has 2 heterocycles. The van der Waals surface area contributed by atoms with Gasteiger partial charge < -0.3 is 15.5 Å². The van der Waals surface area contributed by atoms with Crippen molar-refractivity contribution in [2.24, 2.45) is 10.1 Å². The van der Waals surface area contributed by atoms with Crippen LogP contribution >= 0.6 is 0 Å². The molecule has 1 saturated heterocycles. The van der Waals surface area contributed by atoms with E-state index in [0.717, 1.165) is 25.8 Å². The Bertz CT molecular complexity index is 835. The van der Waals surface area contributed by atoms with E-state index in [1.165, 1.54) is 0 Å². The normalized spacial score (nSPS) is 22.1. The van der Waals surface area contributed by atoms with Crippen molar-refractivity contribution in [2.45, 2.75) is 56.0 Å². The van der Waals surface area contributed by atoms with E-state index in [1.807, 2.05) is 23.8 Å². The van der Waals surface area contributed by atoms with Crippen LogP contribution < -0.4 is 5.73 Å². The number of fused-ring (bicyclic) bond motifs is 1. The largest absolute Gasteiger partial charge is 0.358 e. The molecule has 2 unspecified atom stereocenters. The van der Waals surface area contributed by atoms with Crippen molar-refractivity contribution in [3.05, 3.63) is 29.8 Å². The number of carbonyl (C=O) groups is 1. The topological polar surface area (TPSA) is 96.1 Å². The lowest BCUT2D eigenvalue weighted by molar-refractivity contribution is -0.135. The van der Waals surface area contributed by atoms with Gasteiger partial charge in [0.2, 0.25) is 5.91 Å². The zero-order valence-electron chi connectivity index (χ0n) is 16.0. The Kier molecular flexibility index (Phi) is 5.86. The number of likely N-dealkylation sites (tertiary alicyclic amines) is 1. The van der Waals surface area contributed by atoms with E-state index in [0.29, 0.717) is 30.8 Å². The predicted molar refractivity (Wildman–Crippen MR) is 105 cm³/mol. The molecule has 27 heavy (non-hydrogen) atoms. The molecule has 0 radical (unpaired) electrons. The summed E-state index contributed by atoms with van der Waals surface area (Å²) < 4.78 is 28.3. The lowest BCUT2D eigenvalue weighted by Crippen LogP contribution is -2.51. The number of benzene rings is 1. The molecule has 7 nitrogen and oxygen atoms in total. The van der Waals surface area contributed by atoms with E-state index in [9.17, 15) is 13.2 Å². The van der Waals surface area contributed by atoms with Crippen LogP contribution in [0, 0.1) is 0 Å². The summed E-state index contributed by atoms with van der Waals surface area (Å²) in [6, 6.07) is 6.94. The molecular weight excluding hydrogens is 364 g/mol. The van der Waals surface area contributed by atoms with Crippen molar-refractivity contribution >= 4 is 21.8 Å². The number of nitrogens with two attached hydrogens (primary N) is 1. The number of nitrogens with zero attached hydrogens (tertiary/aromatic N) is 3. The highest BCUT2D eigenvalue weighted by atomic mass is 32.2. The fraction of sp³-hybridized carbons (Fsp3) is 0.579. The molecule has 0 bridgehead atoms. The summed E-state index contributed by atoms with van der Waals surface area (Å²) >= 11 is 0. The minimum absolute atomic E-state index is 0.0218. The van der Waals surface area contributed by atoms with Crippen molar-refractivity contribution in [1.82, 2.24) is 9.80 Å². The van der Waals surface area contributed by atoms with Gasteiger partial charge in [-0.05, 0) is 44.7 Å². The first kappa shape index (κ1) is 19.8. The van der Waals surface area contributed by atoms with Gasteiger partial charge >= 0.3 is 0 Å². The highest BCUT2D eigenvalue weighted by Gasteiger charge is 2.31. The molecule has 2 N–H and O–H groups in total. The van der Waals surface area contributed by atoms with E-state index in [4.69, 9.17) is 5.73 Å². The first-order valence-electron chi connectivity index (χ1n) is 9.52. The number of sulfonamides is 1. The number of amidine groups is 1. The third-order valence-electron chi connectivity index (χ3n) is 5.33. The summed E-state index contributed by atoms with van der Waals surface area (Å²) in [4.78, 5) is 16.6. The van der Waals surface area contributed by atoms with Gasteiger partial charge in [-0.3, -0.25) is 4.79 Å². The molecule has 148 valence electrons. The molecule has 0 aliphatic carbocycles. The fourth-order valence-electron chi connectivity index (χ4n) is 3.89. The maximum absolute atomic E-state index is 12.6. The van der Waals surface area contributed by atoms with Crippen molar-refractivity contribution in [3.63, 3.8) is 0 Å². The molecule has 0 saturated carbocycles. The van der Waals surface area contributed by atoms with Crippen LogP contribution in [0.3, 0.4) is 0 Å². The highest BCUT2D eigenvalue weighted by Crippen LogP contribution is 2.27. The SMILES string of the molecule is CC(N)C1CCCCN1C(=O)CCCN(C)C1=NS(=O)(=O)c2ccccc21. The van der Waals surface area contributed by atoms with Crippen molar-refractivity contribution in [1.29, 1.82) is 0 Å². The van der Waals surface area contributed by atoms with Gasteiger partial charge in [0.15, 0.2) is 0 Å². The van der Waals surface area contributed by atoms with Crippen LogP contribution in [0.25, 0.3) is 0 Å². The van der Waals surface area contributed by atoms with Crippen molar-refractivity contribution < 1.29 is 13.2 Å². The van der Waals surface area contributed by atoms with Crippen LogP contribution in [-0.2, 0) is 14.8 Å². The summed E-state index contributed by atoms with van der Waals surface area (Å²) in [5.74, 6) is 0.580. The second kappa shape index (κ2) is 7.98. The average Bonchev–Trinajstić information content (AvgIpc) is 2.93. The summed E-state index contributed by atoms with van der Waals surface area (Å²) in [5, 5.41) is 0. The molecule has 1 aromatic rings. The maximum atomic E-state index is 12.6. The Morgan fingerprint density at radius 1 is 1.37 bits per heavy atom. The quantitative estimate of drug-likeness (QED) is 0.821. The first-order valence-corrected chi connectivity index (χ1v) is 11.0. The molecule has 0 aromatic heterocycles. The molecule has 1 amide bonds. The van der Waals surface area contributed by atoms with Gasteiger partial charge in [-0.1, -0.05) is 12.1 Å². The lowest BCUT2D eigenvalue weighted by Gasteiger charge is -2.38. The summed E-state index contributed by atoms with van der Waals surface area (Å²) in [5.41, 5.74) is 6.68. The number of rotatable bonds is 5. The van der Waals surface area contributed by atoms with E-state index in [-0.39, 0.29) is 22.9 Å². The van der Waals surface area contributed by atoms with Crippen LogP contribution in [0.5, 0.6) is 0 Å². The second-order valence-electron chi connectivity index (χ2n) is 7.42. The number of piperidine rings is 1. The number of hydrogen-bond acceptors (Lipinski definition) is 5. The highest BCUT2D eigenvalue weighted by molar-refractivity contribution is 7.90. The van der Waals surface area contributed by atoms with Crippen LogP contribution in [0.2, 0.25) is 0 Å². The zero-order chi connectivity index (χ0) is 19.6. The van der Waals surface area contributed by atoms with E-state index in [2.05, 4.69) is 4.40 Å². The van der Waals surface area contributed by atoms with Gasteiger partial charge in [-0.15, -0.1) is 4.40 Å². The first-order chi connectivity index (χ1) is 12.8. The van der Waals surface area contributed by atoms with Gasteiger partial charge in [0.05, 0.1) is 0 Å². The van der Waals surface area contributed by atoms with Crippen LogP contribution in [0.15, 0.2) is 33.6 Å². The Balaban J connectivity index is 1.59. The predicted octanol–water partition coefficient (Wildman–Crippen LogP) is 1.58. The minimum Gasteiger partial charge on any atom is -0.358 e. The molecule has 2 atom stereocenters. The van der Waals surface area contributed by atoms with Crippen molar-refractivity contribution in [3.8, 4) is 0 Å². The number of carbonyl (C=O) groups excluding carboxylic acids is 1. The summed E-state index contributed by atoms with van der Waals surface area (Å²) in [6.45, 7) is 3.30. The smallest absolute Gasteiger partial charge is 0.285 e. The molecule has 2 aliphatic rings. The average molecular weight is 393 g/mol. The zero-order valence-corrected chi connectivity index (χ0v) is 16.8. The number of hydrogen-bond donors (Lipinski definition) is 1. The fourth-order valence-corrected chi connectivity index (χ4v) is 5.15. The molecule has 1 fully saturated rings. The van der Waals surface area contributed by atoms with Gasteiger partial charge in [0.1, 0.15) is 10.7 Å². The number of amides is 1. The Morgan fingerprint density at radius 2 is 2.11 bits per heavy atom. The van der Waals surface area contributed by atoms with Gasteiger partial charge in [-0.25, -0.2) is 0 Å². The van der Waals surface area contributed by atoms with Crippen LogP contribution in [-0.4, -0.2) is 62.2 Å². The summed E-state index contributed by atoms with van der Waals surface area (Å²) in [6.07, 6.45) is 4.18. The molecule has 3 rings (SSSR count). The molecule has 8 heteroatoms. The van der Waals surface area contributed by atoms with Gasteiger partial charge in [-0.2, -0.15) is 8.42 Å². The van der Waals surface area contributed by atoms with Gasteiger partial charge in [0, 0.05) is 44.2 Å². The lowest BCUT2D eigenvalue weighted by atomic mass is 9.96. The minimum atomic E-state index is -3.62. The third-order valence-corrected chi connectivity index (χ3v) is 6.66. The summed E-state index contributed by atoms with van der Waals surface area (Å²) in [7, 11) is -1.81. The van der Waals surface area contributed by atoms with Crippen molar-refractivity contribution in [2.75, 3.05) is 20.1 Å². The molecule has 1 aromatic carbocycles. The second-order valence-corrected chi connectivity index (χ2v) is 8.99. The molecule has 0 spiro atoms. The molecular formula is C19H28N4O3S. The monoisotopic (exact) mass is 392 g/mol. The van der Waals surface area contributed by atoms with E-state index in [1.54, 1.807) is 24.3 Å². The Hall–Kier alpha value is -1.93. The maximum Gasteiger partial charge on any atom is 0.285 e. The Labute approximate surface area is 161 Å². The molecule has 2 aliphatic heterocycles. The Morgan fingerprint density at radius 3 is 2.85 bits per heavy atom. The standard InChI is InChI=1S/C19H28N4O3S/c1-14(20)16-9-5-6-13-23(16)18(24)11-7-12-22(2)19-15-8-3-4-10-17(15)27(25,26)21-19/h3-4,8,10,14,16H,5-7,9,11-13,20H2,1-2H3. The van der Waals surface area contributed by atoms with E-state index >= 15 is 0 Å². The van der Waals surface area contributed by atoms with Gasteiger partial charge in [0.25, 0.3) is 10.0 Å². The van der Waals surface area contributed by atoms with E-state index < -0.39 is 10.0 Å². The van der Waals surface area contributed by atoms with Crippen LogP contribution in [0.4, 0.5) is 0 Å².